The first kappa shape index (κ1) is 41.5. The van der Waals surface area contributed by atoms with Gasteiger partial charge in [-0.15, -0.1) is 0 Å². The van der Waals surface area contributed by atoms with Crippen LogP contribution in [0.15, 0.2) is 109 Å². The molecule has 3 heteroatoms. The maximum Gasteiger partial charge on any atom is 0.223 e. The van der Waals surface area contributed by atoms with Crippen molar-refractivity contribution in [2.45, 2.75) is 125 Å². The van der Waals surface area contributed by atoms with Gasteiger partial charge in [-0.2, -0.15) is 0 Å². The second-order valence-electron chi connectivity index (χ2n) is 16.5. The van der Waals surface area contributed by atoms with E-state index in [-0.39, 0.29) is 0 Å². The van der Waals surface area contributed by atoms with E-state index in [1.54, 1.807) is 0 Å². The molecule has 0 amide bonds. The van der Waals surface area contributed by atoms with Gasteiger partial charge in [0.1, 0.15) is 0 Å². The van der Waals surface area contributed by atoms with Gasteiger partial charge in [0.25, 0.3) is 0 Å². The molecule has 1 aliphatic carbocycles. The Morgan fingerprint density at radius 1 is 0.518 bits per heavy atom. The summed E-state index contributed by atoms with van der Waals surface area (Å²) in [4.78, 5) is 2.36. The van der Waals surface area contributed by atoms with Crippen molar-refractivity contribution in [3.63, 3.8) is 0 Å². The van der Waals surface area contributed by atoms with Crippen LogP contribution in [0.25, 0.3) is 22.3 Å². The number of nitrogens with zero attached hydrogens (tertiary/aromatic N) is 1. The normalized spacial score (nSPS) is 16.3. The van der Waals surface area contributed by atoms with E-state index in [9.17, 15) is 0 Å². The van der Waals surface area contributed by atoms with Crippen LogP contribution in [0, 0.1) is 25.7 Å². The lowest BCUT2D eigenvalue weighted by molar-refractivity contribution is -0.228. The topological polar surface area (TPSA) is 21.7 Å². The number of unbranched alkanes of at least 4 members (excludes halogenated alkanes) is 2. The van der Waals surface area contributed by atoms with Crippen LogP contribution in [0.2, 0.25) is 0 Å². The van der Waals surface area contributed by atoms with E-state index in [0.29, 0.717) is 31.0 Å². The van der Waals surface area contributed by atoms with Gasteiger partial charge in [0.15, 0.2) is 0 Å². The number of anilines is 3. The molecule has 0 bridgehead atoms. The van der Waals surface area contributed by atoms with Gasteiger partial charge < -0.3 is 14.4 Å². The molecule has 0 aliphatic heterocycles. The van der Waals surface area contributed by atoms with Crippen molar-refractivity contribution in [2.24, 2.45) is 11.8 Å². The average Bonchev–Trinajstić information content (AvgIpc) is 3.49. The highest BCUT2D eigenvalue weighted by Crippen LogP contribution is 2.52. The summed E-state index contributed by atoms with van der Waals surface area (Å²) in [7, 11) is 0. The molecule has 0 N–H and O–H groups in total. The summed E-state index contributed by atoms with van der Waals surface area (Å²) in [5, 5.41) is 0. The Morgan fingerprint density at radius 2 is 0.982 bits per heavy atom. The molecule has 3 nitrogen and oxygen atoms in total. The molecule has 0 saturated carbocycles. The van der Waals surface area contributed by atoms with Gasteiger partial charge in [-0.1, -0.05) is 152 Å². The van der Waals surface area contributed by atoms with Crippen LogP contribution in [0.3, 0.4) is 0 Å². The fourth-order valence-corrected chi connectivity index (χ4v) is 8.29. The molecule has 0 heterocycles. The summed E-state index contributed by atoms with van der Waals surface area (Å²) in [6, 6.07) is 40.8. The Kier molecular flexibility index (Phi) is 14.3. The monoisotopic (exact) mass is 750 g/mol. The van der Waals surface area contributed by atoms with E-state index < -0.39 is 5.79 Å². The van der Waals surface area contributed by atoms with E-state index in [2.05, 4.69) is 169 Å². The highest BCUT2D eigenvalue weighted by atomic mass is 16.7. The molecule has 0 aromatic heterocycles. The molecule has 0 fully saturated rings. The SMILES string of the molecule is CCCCC(CC)COC1(OCC(CC)CCCC)c2cc(C)ccc2-c2ccc(-c3ccc(N(c4ccc(C)cc4)c4ccc(C(C)CC)cc4)cc3)cc21. The van der Waals surface area contributed by atoms with Crippen LogP contribution in [0.1, 0.15) is 133 Å². The number of aryl methyl sites for hydroxylation is 2. The first-order chi connectivity index (χ1) is 27.2. The van der Waals surface area contributed by atoms with Gasteiger partial charge >= 0.3 is 0 Å². The molecule has 3 atom stereocenters. The maximum atomic E-state index is 7.30. The van der Waals surface area contributed by atoms with Gasteiger partial charge in [-0.25, -0.2) is 0 Å². The zero-order valence-corrected chi connectivity index (χ0v) is 35.7. The third kappa shape index (κ3) is 9.17. The Balaban J connectivity index is 1.40. The Morgan fingerprint density at radius 3 is 1.50 bits per heavy atom. The van der Waals surface area contributed by atoms with Gasteiger partial charge in [-0.3, -0.25) is 0 Å². The third-order valence-electron chi connectivity index (χ3n) is 12.4. The fourth-order valence-electron chi connectivity index (χ4n) is 8.29. The predicted molar refractivity (Wildman–Crippen MR) is 239 cm³/mol. The number of benzene rings is 5. The highest BCUT2D eigenvalue weighted by molar-refractivity contribution is 5.84. The van der Waals surface area contributed by atoms with Crippen LogP contribution >= 0.6 is 0 Å². The Hall–Kier alpha value is -4.18. The van der Waals surface area contributed by atoms with E-state index in [1.165, 1.54) is 77.5 Å². The third-order valence-corrected chi connectivity index (χ3v) is 12.4. The second kappa shape index (κ2) is 19.3. The number of rotatable bonds is 20. The number of hydrogen-bond acceptors (Lipinski definition) is 3. The molecule has 5 aromatic carbocycles. The van der Waals surface area contributed by atoms with Gasteiger partial charge in [-0.05, 0) is 127 Å². The van der Waals surface area contributed by atoms with Crippen LogP contribution in [0.5, 0.6) is 0 Å². The minimum atomic E-state index is -0.949. The molecule has 1 aliphatic rings. The van der Waals surface area contributed by atoms with Crippen LogP contribution in [-0.4, -0.2) is 13.2 Å². The summed E-state index contributed by atoms with van der Waals surface area (Å²) in [6.07, 6.45) is 10.5. The van der Waals surface area contributed by atoms with Crippen molar-refractivity contribution in [1.82, 2.24) is 0 Å². The Labute approximate surface area is 339 Å². The van der Waals surface area contributed by atoms with Crippen LogP contribution in [0.4, 0.5) is 17.1 Å². The van der Waals surface area contributed by atoms with Gasteiger partial charge in [0.05, 0.1) is 13.2 Å². The van der Waals surface area contributed by atoms with Crippen molar-refractivity contribution < 1.29 is 9.47 Å². The van der Waals surface area contributed by atoms with Crippen molar-refractivity contribution in [3.8, 4) is 22.3 Å². The molecule has 6 rings (SSSR count). The first-order valence-electron chi connectivity index (χ1n) is 21.9. The number of fused-ring (bicyclic) bond motifs is 3. The zero-order valence-electron chi connectivity index (χ0n) is 35.7. The second-order valence-corrected chi connectivity index (χ2v) is 16.5. The van der Waals surface area contributed by atoms with Crippen LogP contribution in [-0.2, 0) is 15.3 Å². The molecule has 0 saturated heterocycles. The van der Waals surface area contributed by atoms with Gasteiger partial charge in [0, 0.05) is 28.2 Å². The molecular weight excluding hydrogens is 683 g/mol. The van der Waals surface area contributed by atoms with Crippen molar-refractivity contribution in [3.05, 3.63) is 137 Å². The molecule has 3 unspecified atom stereocenters. The zero-order chi connectivity index (χ0) is 39.7. The molecule has 0 spiro atoms. The van der Waals surface area contributed by atoms with E-state index in [4.69, 9.17) is 9.47 Å². The summed E-state index contributed by atoms with van der Waals surface area (Å²) in [6.45, 7) is 19.4. The first-order valence-corrected chi connectivity index (χ1v) is 21.9. The molecule has 5 aromatic rings. The summed E-state index contributed by atoms with van der Waals surface area (Å²) < 4.78 is 14.6. The standard InChI is InChI=1S/C53H67NO2/c1-9-14-16-41(12-4)36-55-53(56-37-42(13-5)17-15-10-2)51-34-39(7)20-32-49(51)50-33-25-45(35-52(50)53)44-23-30-48(31-24-44)54(46-26-18-38(6)19-27-46)47-28-21-43(22-29-47)40(8)11-3/h18-35,40-42H,9-17,36-37H2,1-8H3. The smallest absolute Gasteiger partial charge is 0.223 e. The predicted octanol–water partition coefficient (Wildman–Crippen LogP) is 15.6. The van der Waals surface area contributed by atoms with Crippen molar-refractivity contribution in [2.75, 3.05) is 18.1 Å². The molecule has 296 valence electrons. The molecule has 0 radical (unpaired) electrons. The van der Waals surface area contributed by atoms with Crippen molar-refractivity contribution in [1.29, 1.82) is 0 Å². The lowest BCUT2D eigenvalue weighted by Crippen LogP contribution is -2.36. The van der Waals surface area contributed by atoms with Gasteiger partial charge in [0.2, 0.25) is 5.79 Å². The van der Waals surface area contributed by atoms with E-state index in [0.717, 1.165) is 47.5 Å². The lowest BCUT2D eigenvalue weighted by atomic mass is 9.95. The molecule has 56 heavy (non-hydrogen) atoms. The van der Waals surface area contributed by atoms with E-state index in [1.807, 2.05) is 0 Å². The minimum absolute atomic E-state index is 0.494. The summed E-state index contributed by atoms with van der Waals surface area (Å²) >= 11 is 0. The Bertz CT molecular complexity index is 1960. The largest absolute Gasteiger partial charge is 0.342 e. The van der Waals surface area contributed by atoms with Crippen LogP contribution < -0.4 is 4.90 Å². The van der Waals surface area contributed by atoms with E-state index >= 15 is 0 Å². The van der Waals surface area contributed by atoms with Crippen molar-refractivity contribution >= 4 is 17.1 Å². The highest BCUT2D eigenvalue weighted by Gasteiger charge is 2.47. The quantitative estimate of drug-likeness (QED) is 0.0740. The maximum absolute atomic E-state index is 7.30. The number of hydrogen-bond donors (Lipinski definition) is 0. The number of ether oxygens (including phenoxy) is 2. The fraction of sp³-hybridized carbons (Fsp3) is 0.434. The summed E-state index contributed by atoms with van der Waals surface area (Å²) in [5.41, 5.74) is 14.4. The average molecular weight is 750 g/mol. The molecular formula is C53H67NO2. The summed E-state index contributed by atoms with van der Waals surface area (Å²) in [5.74, 6) is 0.579. The minimum Gasteiger partial charge on any atom is -0.342 e. The lowest BCUT2D eigenvalue weighted by Gasteiger charge is -2.35.